The zero-order chi connectivity index (χ0) is 14.3. The van der Waals surface area contributed by atoms with Crippen LogP contribution in [-0.4, -0.2) is 11.5 Å². The summed E-state index contributed by atoms with van der Waals surface area (Å²) in [6, 6.07) is 0. The summed E-state index contributed by atoms with van der Waals surface area (Å²) in [7, 11) is 0. The lowest BCUT2D eigenvalue weighted by molar-refractivity contribution is 0.418. The highest BCUT2D eigenvalue weighted by molar-refractivity contribution is 7.09. The van der Waals surface area contributed by atoms with Gasteiger partial charge in [-0.3, -0.25) is 0 Å². The van der Waals surface area contributed by atoms with Gasteiger partial charge in [0, 0.05) is 17.3 Å². The van der Waals surface area contributed by atoms with E-state index >= 15 is 0 Å². The molecular formula is C16H30N2S. The van der Waals surface area contributed by atoms with E-state index in [4.69, 9.17) is 4.98 Å². The molecule has 0 radical (unpaired) electrons. The van der Waals surface area contributed by atoms with Crippen LogP contribution in [-0.2, 0) is 12.0 Å². The molecule has 0 amide bonds. The van der Waals surface area contributed by atoms with Crippen molar-refractivity contribution in [3.05, 3.63) is 16.1 Å². The number of aromatic nitrogens is 1. The maximum Gasteiger partial charge on any atom is 0.107 e. The van der Waals surface area contributed by atoms with Gasteiger partial charge in [-0.05, 0) is 18.9 Å². The van der Waals surface area contributed by atoms with Crippen molar-refractivity contribution in [1.82, 2.24) is 10.3 Å². The van der Waals surface area contributed by atoms with Crippen LogP contribution in [0.1, 0.15) is 71.0 Å². The maximum absolute atomic E-state index is 4.72. The van der Waals surface area contributed by atoms with Crippen molar-refractivity contribution in [1.29, 1.82) is 0 Å². The van der Waals surface area contributed by atoms with Crippen molar-refractivity contribution in [2.75, 3.05) is 6.54 Å². The summed E-state index contributed by atoms with van der Waals surface area (Å²) in [5, 5.41) is 6.99. The SMILES string of the molecule is CCCCC(CC)CNCc1nc(C(C)(C)C)cs1. The second-order valence-electron chi connectivity index (χ2n) is 6.42. The molecule has 0 bridgehead atoms. The minimum Gasteiger partial charge on any atom is -0.310 e. The number of hydrogen-bond donors (Lipinski definition) is 1. The van der Waals surface area contributed by atoms with Gasteiger partial charge in [-0.25, -0.2) is 4.98 Å². The van der Waals surface area contributed by atoms with E-state index in [1.54, 1.807) is 11.3 Å². The number of hydrogen-bond acceptors (Lipinski definition) is 3. The molecule has 0 aliphatic heterocycles. The number of unbranched alkanes of at least 4 members (excludes halogenated alkanes) is 1. The van der Waals surface area contributed by atoms with Crippen molar-refractivity contribution in [2.24, 2.45) is 5.92 Å². The van der Waals surface area contributed by atoms with Crippen molar-refractivity contribution < 1.29 is 0 Å². The Morgan fingerprint density at radius 2 is 2.05 bits per heavy atom. The molecule has 1 aromatic heterocycles. The lowest BCUT2D eigenvalue weighted by Crippen LogP contribution is -2.22. The summed E-state index contributed by atoms with van der Waals surface area (Å²) < 4.78 is 0. The predicted octanol–water partition coefficient (Wildman–Crippen LogP) is 4.75. The quantitative estimate of drug-likeness (QED) is 0.744. The van der Waals surface area contributed by atoms with Crippen LogP contribution >= 0.6 is 11.3 Å². The molecule has 1 aromatic rings. The molecule has 3 heteroatoms. The molecule has 1 N–H and O–H groups in total. The van der Waals surface area contributed by atoms with Crippen LogP contribution < -0.4 is 5.32 Å². The van der Waals surface area contributed by atoms with Gasteiger partial charge in [-0.15, -0.1) is 11.3 Å². The third-order valence-electron chi connectivity index (χ3n) is 3.57. The van der Waals surface area contributed by atoms with E-state index in [0.29, 0.717) is 0 Å². The maximum atomic E-state index is 4.72. The first-order valence-corrected chi connectivity index (χ1v) is 8.50. The molecule has 0 aliphatic carbocycles. The Balaban J connectivity index is 2.34. The molecule has 19 heavy (non-hydrogen) atoms. The third kappa shape index (κ3) is 6.05. The largest absolute Gasteiger partial charge is 0.310 e. The molecule has 0 saturated carbocycles. The second kappa shape index (κ2) is 8.01. The molecule has 1 unspecified atom stereocenters. The van der Waals surface area contributed by atoms with Gasteiger partial charge in [0.1, 0.15) is 5.01 Å². The van der Waals surface area contributed by atoms with Crippen molar-refractivity contribution in [3.8, 4) is 0 Å². The van der Waals surface area contributed by atoms with Gasteiger partial charge in [-0.2, -0.15) is 0 Å². The van der Waals surface area contributed by atoms with Crippen LogP contribution in [0.5, 0.6) is 0 Å². The average Bonchev–Trinajstić information content (AvgIpc) is 2.82. The van der Waals surface area contributed by atoms with E-state index in [1.807, 2.05) is 0 Å². The van der Waals surface area contributed by atoms with Crippen molar-refractivity contribution in [2.45, 2.75) is 72.3 Å². The monoisotopic (exact) mass is 282 g/mol. The molecule has 0 saturated heterocycles. The van der Waals surface area contributed by atoms with E-state index in [-0.39, 0.29) is 5.41 Å². The fourth-order valence-electron chi connectivity index (χ4n) is 2.06. The predicted molar refractivity (Wildman–Crippen MR) is 85.8 cm³/mol. The van der Waals surface area contributed by atoms with Gasteiger partial charge >= 0.3 is 0 Å². The van der Waals surface area contributed by atoms with Crippen molar-refractivity contribution in [3.63, 3.8) is 0 Å². The molecule has 0 fully saturated rings. The lowest BCUT2D eigenvalue weighted by Gasteiger charge is -2.15. The fourth-order valence-corrected chi connectivity index (χ4v) is 3.05. The number of nitrogens with zero attached hydrogens (tertiary/aromatic N) is 1. The summed E-state index contributed by atoms with van der Waals surface area (Å²) in [6.07, 6.45) is 5.28. The summed E-state index contributed by atoms with van der Waals surface area (Å²) in [4.78, 5) is 4.72. The zero-order valence-electron chi connectivity index (χ0n) is 13.3. The third-order valence-corrected chi connectivity index (χ3v) is 4.42. The van der Waals surface area contributed by atoms with E-state index in [1.165, 1.54) is 36.4 Å². The molecule has 110 valence electrons. The molecule has 0 aromatic carbocycles. The molecule has 0 spiro atoms. The molecule has 0 aliphatic rings. The van der Waals surface area contributed by atoms with Crippen LogP contribution in [0, 0.1) is 5.92 Å². The molecule has 1 heterocycles. The number of rotatable bonds is 8. The first-order valence-electron chi connectivity index (χ1n) is 7.63. The number of nitrogens with one attached hydrogen (secondary N) is 1. The number of thiazole rings is 1. The van der Waals surface area contributed by atoms with Gasteiger partial charge < -0.3 is 5.32 Å². The highest BCUT2D eigenvalue weighted by atomic mass is 32.1. The summed E-state index contributed by atoms with van der Waals surface area (Å²) >= 11 is 1.78. The fraction of sp³-hybridized carbons (Fsp3) is 0.812. The summed E-state index contributed by atoms with van der Waals surface area (Å²) in [5.41, 5.74) is 1.38. The Kier molecular flexibility index (Phi) is 7.01. The molecule has 2 nitrogen and oxygen atoms in total. The smallest absolute Gasteiger partial charge is 0.107 e. The standard InChI is InChI=1S/C16H30N2S/c1-6-8-9-13(7-2)10-17-11-15-18-14(12-19-15)16(3,4)5/h12-13,17H,6-11H2,1-5H3. The Morgan fingerprint density at radius 3 is 2.58 bits per heavy atom. The van der Waals surface area contributed by atoms with Crippen LogP contribution in [0.3, 0.4) is 0 Å². The Morgan fingerprint density at radius 1 is 1.32 bits per heavy atom. The van der Waals surface area contributed by atoms with E-state index < -0.39 is 0 Å². The molecule has 1 rings (SSSR count). The van der Waals surface area contributed by atoms with E-state index in [0.717, 1.165) is 19.0 Å². The van der Waals surface area contributed by atoms with Gasteiger partial charge in [-0.1, -0.05) is 53.9 Å². The summed E-state index contributed by atoms with van der Waals surface area (Å²) in [5.74, 6) is 0.821. The second-order valence-corrected chi connectivity index (χ2v) is 7.37. The highest BCUT2D eigenvalue weighted by Gasteiger charge is 2.17. The Labute approximate surface area is 123 Å². The minimum absolute atomic E-state index is 0.168. The average molecular weight is 282 g/mol. The first-order chi connectivity index (χ1) is 8.97. The van der Waals surface area contributed by atoms with Crippen LogP contribution in [0.4, 0.5) is 0 Å². The topological polar surface area (TPSA) is 24.9 Å². The molecular weight excluding hydrogens is 252 g/mol. The first kappa shape index (κ1) is 16.6. The normalized spacial score (nSPS) is 13.7. The van der Waals surface area contributed by atoms with Gasteiger partial charge in [0.15, 0.2) is 0 Å². The zero-order valence-corrected chi connectivity index (χ0v) is 14.1. The minimum atomic E-state index is 0.168. The Bertz CT molecular complexity index is 352. The van der Waals surface area contributed by atoms with Crippen LogP contribution in [0.15, 0.2) is 5.38 Å². The highest BCUT2D eigenvalue weighted by Crippen LogP contribution is 2.23. The van der Waals surface area contributed by atoms with Gasteiger partial charge in [0.05, 0.1) is 5.69 Å². The Hall–Kier alpha value is -0.410. The van der Waals surface area contributed by atoms with E-state index in [9.17, 15) is 0 Å². The lowest BCUT2D eigenvalue weighted by atomic mass is 9.93. The molecule has 1 atom stereocenters. The van der Waals surface area contributed by atoms with Crippen molar-refractivity contribution >= 4 is 11.3 Å². The summed E-state index contributed by atoms with van der Waals surface area (Å²) in [6.45, 7) is 13.3. The van der Waals surface area contributed by atoms with Gasteiger partial charge in [0.2, 0.25) is 0 Å². The van der Waals surface area contributed by atoms with E-state index in [2.05, 4.69) is 45.3 Å². The van der Waals surface area contributed by atoms with Gasteiger partial charge in [0.25, 0.3) is 0 Å². The van der Waals surface area contributed by atoms with Crippen LogP contribution in [0.25, 0.3) is 0 Å². The van der Waals surface area contributed by atoms with Crippen LogP contribution in [0.2, 0.25) is 0 Å².